The molecule has 0 fully saturated rings. The van der Waals surface area contributed by atoms with Crippen LogP contribution in [0.5, 0.6) is 0 Å². The smallest absolute Gasteiger partial charge is 0.182 e. The predicted octanol–water partition coefficient (Wildman–Crippen LogP) is 4.46. The van der Waals surface area contributed by atoms with Crippen LogP contribution in [0.1, 0.15) is 29.8 Å². The van der Waals surface area contributed by atoms with Crippen molar-refractivity contribution < 1.29 is 0 Å². The molecule has 0 N–H and O–H groups in total. The molecular weight excluding hydrogens is 312 g/mol. The van der Waals surface area contributed by atoms with E-state index in [2.05, 4.69) is 47.5 Å². The Morgan fingerprint density at radius 2 is 1.95 bits per heavy atom. The maximum atomic E-state index is 4.79. The molecule has 4 rings (SSSR count). The summed E-state index contributed by atoms with van der Waals surface area (Å²) in [7, 11) is 0. The largest absolute Gasteiger partial charge is 0.235 e. The number of hydrogen-bond acceptors (Lipinski definition) is 5. The van der Waals surface area contributed by atoms with E-state index in [9.17, 15) is 0 Å². The van der Waals surface area contributed by atoms with Crippen molar-refractivity contribution in [3.8, 4) is 10.7 Å². The molecule has 22 heavy (non-hydrogen) atoms. The topological polar surface area (TPSA) is 43.1 Å². The van der Waals surface area contributed by atoms with E-state index in [-0.39, 0.29) is 0 Å². The Balaban J connectivity index is 1.80. The summed E-state index contributed by atoms with van der Waals surface area (Å²) in [6.07, 6.45) is 1.02. The second-order valence-electron chi connectivity index (χ2n) is 5.01. The van der Waals surface area contributed by atoms with Crippen LogP contribution in [0.15, 0.2) is 47.8 Å². The number of rotatable bonds is 4. The van der Waals surface area contributed by atoms with E-state index < -0.39 is 0 Å². The minimum absolute atomic E-state index is 0.309. The molecule has 0 aliphatic carbocycles. The van der Waals surface area contributed by atoms with Crippen molar-refractivity contribution in [2.75, 3.05) is 0 Å². The monoisotopic (exact) mass is 326 g/mol. The van der Waals surface area contributed by atoms with E-state index in [1.807, 2.05) is 22.0 Å². The average molecular weight is 326 g/mol. The van der Waals surface area contributed by atoms with Crippen molar-refractivity contribution in [3.63, 3.8) is 0 Å². The minimum Gasteiger partial charge on any atom is -0.182 e. The van der Waals surface area contributed by atoms with Gasteiger partial charge in [0.1, 0.15) is 5.01 Å². The molecule has 1 atom stereocenters. The van der Waals surface area contributed by atoms with E-state index in [1.54, 1.807) is 22.7 Å². The van der Waals surface area contributed by atoms with E-state index in [0.717, 1.165) is 27.1 Å². The fourth-order valence-electron chi connectivity index (χ4n) is 2.57. The number of benzene rings is 1. The molecule has 0 bridgehead atoms. The summed E-state index contributed by atoms with van der Waals surface area (Å²) in [6, 6.07) is 14.6. The van der Waals surface area contributed by atoms with Crippen molar-refractivity contribution in [1.82, 2.24) is 19.8 Å². The Morgan fingerprint density at radius 3 is 2.68 bits per heavy atom. The van der Waals surface area contributed by atoms with E-state index in [0.29, 0.717) is 5.92 Å². The molecule has 0 saturated heterocycles. The molecule has 1 aromatic carbocycles. The molecule has 0 radical (unpaired) electrons. The molecule has 0 amide bonds. The van der Waals surface area contributed by atoms with Crippen molar-refractivity contribution in [1.29, 1.82) is 0 Å². The van der Waals surface area contributed by atoms with Gasteiger partial charge in [0.2, 0.25) is 4.96 Å². The third kappa shape index (κ3) is 2.24. The Kier molecular flexibility index (Phi) is 3.48. The van der Waals surface area contributed by atoms with Crippen LogP contribution in [-0.2, 0) is 0 Å². The van der Waals surface area contributed by atoms with Gasteiger partial charge < -0.3 is 0 Å². The molecule has 3 aromatic heterocycles. The summed E-state index contributed by atoms with van der Waals surface area (Å²) in [5, 5.41) is 16.5. The summed E-state index contributed by atoms with van der Waals surface area (Å²) >= 11 is 3.28. The first-order valence-corrected chi connectivity index (χ1v) is 8.87. The van der Waals surface area contributed by atoms with Gasteiger partial charge in [0.15, 0.2) is 5.82 Å². The molecule has 4 aromatic rings. The molecule has 0 saturated carbocycles. The number of aromatic nitrogens is 4. The Hall–Kier alpha value is -2.05. The second-order valence-corrected chi connectivity index (χ2v) is 6.94. The zero-order valence-corrected chi connectivity index (χ0v) is 13.6. The Bertz CT molecular complexity index is 878. The van der Waals surface area contributed by atoms with Crippen molar-refractivity contribution in [2.45, 2.75) is 19.3 Å². The van der Waals surface area contributed by atoms with Gasteiger partial charge in [-0.15, -0.1) is 21.5 Å². The molecule has 0 aliphatic heterocycles. The van der Waals surface area contributed by atoms with Crippen LogP contribution in [0, 0.1) is 0 Å². The molecule has 0 spiro atoms. The highest BCUT2D eigenvalue weighted by molar-refractivity contribution is 7.17. The number of hydrogen-bond donors (Lipinski definition) is 0. The molecule has 6 heteroatoms. The number of fused-ring (bicyclic) bond motifs is 1. The van der Waals surface area contributed by atoms with Gasteiger partial charge in [0, 0.05) is 5.92 Å². The molecule has 110 valence electrons. The van der Waals surface area contributed by atoms with E-state index in [4.69, 9.17) is 5.10 Å². The van der Waals surface area contributed by atoms with Gasteiger partial charge in [-0.05, 0) is 23.4 Å². The van der Waals surface area contributed by atoms with Crippen LogP contribution < -0.4 is 0 Å². The Morgan fingerprint density at radius 1 is 1.09 bits per heavy atom. The maximum Gasteiger partial charge on any atom is 0.235 e. The lowest BCUT2D eigenvalue weighted by atomic mass is 9.97. The number of nitrogens with zero attached hydrogens (tertiary/aromatic N) is 4. The fourth-order valence-corrected chi connectivity index (χ4v) is 4.31. The first kappa shape index (κ1) is 13.6. The van der Waals surface area contributed by atoms with Crippen LogP contribution in [0.25, 0.3) is 15.7 Å². The lowest BCUT2D eigenvalue weighted by Gasteiger charge is -2.11. The predicted molar refractivity (Wildman–Crippen MR) is 90.5 cm³/mol. The molecule has 0 unspecified atom stereocenters. The van der Waals surface area contributed by atoms with Gasteiger partial charge in [0.25, 0.3) is 0 Å². The highest BCUT2D eigenvalue weighted by atomic mass is 32.1. The van der Waals surface area contributed by atoms with Gasteiger partial charge >= 0.3 is 0 Å². The standard InChI is InChI=1S/C16H14N4S2/c1-2-12(11-7-4-3-5-8-11)15-19-20-14(13-9-6-10-21-13)17-18-16(20)22-15/h3-10,12H,2H2,1H3/t12-/m0/s1. The normalized spacial score (nSPS) is 12.8. The molecule has 0 aliphatic rings. The SMILES string of the molecule is CC[C@@H](c1ccccc1)c1nn2c(-c3cccs3)nnc2s1. The third-order valence-electron chi connectivity index (χ3n) is 3.66. The summed E-state index contributed by atoms with van der Waals surface area (Å²) in [5.74, 6) is 1.14. The molecular formula is C16H14N4S2. The number of thiophene rings is 1. The summed E-state index contributed by atoms with van der Waals surface area (Å²) in [5.41, 5.74) is 1.30. The van der Waals surface area contributed by atoms with Gasteiger partial charge in [-0.2, -0.15) is 9.61 Å². The van der Waals surface area contributed by atoms with Gasteiger partial charge in [-0.25, -0.2) is 0 Å². The molecule has 3 heterocycles. The zero-order chi connectivity index (χ0) is 14.9. The van der Waals surface area contributed by atoms with Crippen LogP contribution in [0.4, 0.5) is 0 Å². The van der Waals surface area contributed by atoms with Gasteiger partial charge in [-0.1, -0.05) is 54.7 Å². The summed E-state index contributed by atoms with van der Waals surface area (Å²) < 4.78 is 1.87. The molecule has 4 nitrogen and oxygen atoms in total. The highest BCUT2D eigenvalue weighted by Gasteiger charge is 2.20. The van der Waals surface area contributed by atoms with Gasteiger partial charge in [0.05, 0.1) is 4.88 Å². The van der Waals surface area contributed by atoms with Crippen LogP contribution in [0.2, 0.25) is 0 Å². The average Bonchev–Trinajstić information content (AvgIpc) is 3.25. The summed E-state index contributed by atoms with van der Waals surface area (Å²) in [6.45, 7) is 2.19. The second kappa shape index (κ2) is 5.62. The van der Waals surface area contributed by atoms with E-state index >= 15 is 0 Å². The zero-order valence-electron chi connectivity index (χ0n) is 12.0. The van der Waals surface area contributed by atoms with E-state index in [1.165, 1.54) is 5.56 Å². The minimum atomic E-state index is 0.309. The quantitative estimate of drug-likeness (QED) is 0.556. The van der Waals surface area contributed by atoms with Crippen molar-refractivity contribution >= 4 is 27.6 Å². The first-order valence-electron chi connectivity index (χ1n) is 7.17. The lowest BCUT2D eigenvalue weighted by Crippen LogP contribution is -2.00. The van der Waals surface area contributed by atoms with Crippen LogP contribution in [0.3, 0.4) is 0 Å². The van der Waals surface area contributed by atoms with Crippen molar-refractivity contribution in [3.05, 3.63) is 58.4 Å². The van der Waals surface area contributed by atoms with Crippen LogP contribution in [-0.4, -0.2) is 19.8 Å². The van der Waals surface area contributed by atoms with Gasteiger partial charge in [-0.3, -0.25) is 0 Å². The highest BCUT2D eigenvalue weighted by Crippen LogP contribution is 2.32. The third-order valence-corrected chi connectivity index (χ3v) is 5.53. The van der Waals surface area contributed by atoms with Crippen molar-refractivity contribution in [2.24, 2.45) is 0 Å². The fraction of sp³-hybridized carbons (Fsp3) is 0.188. The first-order chi connectivity index (χ1) is 10.9. The van der Waals surface area contributed by atoms with Crippen LogP contribution >= 0.6 is 22.7 Å². The Labute approximate surface area is 136 Å². The summed E-state index contributed by atoms with van der Waals surface area (Å²) in [4.78, 5) is 1.95. The maximum absolute atomic E-state index is 4.79. The lowest BCUT2D eigenvalue weighted by molar-refractivity contribution is 0.744.